The maximum atomic E-state index is 11.3. The number of aryl methyl sites for hydroxylation is 1. The number of nitrogens with two attached hydrogens (primary N) is 1. The summed E-state index contributed by atoms with van der Waals surface area (Å²) >= 11 is 4.90. The minimum atomic E-state index is -0.0762. The van der Waals surface area contributed by atoms with Gasteiger partial charge in [0.2, 0.25) is 5.91 Å². The summed E-state index contributed by atoms with van der Waals surface area (Å²) in [6.45, 7) is 4.51. The van der Waals surface area contributed by atoms with Gasteiger partial charge in [-0.15, -0.1) is 0 Å². The van der Waals surface area contributed by atoms with Crippen molar-refractivity contribution in [3.63, 3.8) is 0 Å². The van der Waals surface area contributed by atoms with Gasteiger partial charge < -0.3 is 16.4 Å². The van der Waals surface area contributed by atoms with Gasteiger partial charge in [-0.2, -0.15) is 0 Å². The Kier molecular flexibility index (Phi) is 4.84. The van der Waals surface area contributed by atoms with Gasteiger partial charge in [-0.05, 0) is 26.0 Å². The molecule has 0 fully saturated rings. The molecular weight excluding hydrogens is 236 g/mol. The number of nitrogens with zero attached hydrogens (tertiary/aromatic N) is 1. The molecule has 0 aliphatic heterocycles. The molecule has 5 nitrogen and oxygen atoms in total. The van der Waals surface area contributed by atoms with Crippen molar-refractivity contribution in [3.8, 4) is 0 Å². The number of carbonyl (C=O) groups is 1. The van der Waals surface area contributed by atoms with Gasteiger partial charge in [0.15, 0.2) is 0 Å². The Bertz CT molecular complexity index is 433. The molecule has 0 radical (unpaired) electrons. The SMILES string of the molecule is CCNC(=O)CNc1cc(C(N)=S)cc(C)n1. The smallest absolute Gasteiger partial charge is 0.239 e. The van der Waals surface area contributed by atoms with E-state index in [-0.39, 0.29) is 12.5 Å². The van der Waals surface area contributed by atoms with Crippen molar-refractivity contribution in [3.05, 3.63) is 23.4 Å². The number of aromatic nitrogens is 1. The van der Waals surface area contributed by atoms with E-state index in [0.717, 1.165) is 11.3 Å². The molecule has 0 unspecified atom stereocenters. The fourth-order valence-electron chi connectivity index (χ4n) is 1.33. The van der Waals surface area contributed by atoms with Crippen LogP contribution >= 0.6 is 12.2 Å². The molecule has 1 aromatic heterocycles. The summed E-state index contributed by atoms with van der Waals surface area (Å²) in [5.74, 6) is 0.520. The number of hydrogen-bond acceptors (Lipinski definition) is 4. The Balaban J connectivity index is 2.71. The van der Waals surface area contributed by atoms with Crippen LogP contribution in [0.4, 0.5) is 5.82 Å². The van der Waals surface area contributed by atoms with Crippen LogP contribution in [0, 0.1) is 6.92 Å². The molecule has 0 saturated heterocycles. The lowest BCUT2D eigenvalue weighted by molar-refractivity contribution is -0.119. The molecule has 0 saturated carbocycles. The van der Waals surface area contributed by atoms with Gasteiger partial charge >= 0.3 is 0 Å². The van der Waals surface area contributed by atoms with Crippen LogP contribution in [0.2, 0.25) is 0 Å². The third kappa shape index (κ3) is 4.36. The molecule has 0 bridgehead atoms. The lowest BCUT2D eigenvalue weighted by Gasteiger charge is -2.08. The Hall–Kier alpha value is -1.69. The number of anilines is 1. The number of rotatable bonds is 5. The van der Waals surface area contributed by atoms with Crippen molar-refractivity contribution >= 4 is 28.9 Å². The first-order valence-electron chi connectivity index (χ1n) is 5.32. The molecule has 6 heteroatoms. The van der Waals surface area contributed by atoms with E-state index in [0.29, 0.717) is 17.4 Å². The zero-order chi connectivity index (χ0) is 12.8. The first-order valence-corrected chi connectivity index (χ1v) is 5.72. The van der Waals surface area contributed by atoms with Crippen LogP contribution in [0.1, 0.15) is 18.2 Å². The van der Waals surface area contributed by atoms with Crippen LogP contribution in [0.15, 0.2) is 12.1 Å². The van der Waals surface area contributed by atoms with Crippen molar-refractivity contribution in [1.82, 2.24) is 10.3 Å². The van der Waals surface area contributed by atoms with Gasteiger partial charge in [-0.1, -0.05) is 12.2 Å². The van der Waals surface area contributed by atoms with E-state index in [9.17, 15) is 4.79 Å². The topological polar surface area (TPSA) is 80.0 Å². The zero-order valence-electron chi connectivity index (χ0n) is 9.91. The minimum Gasteiger partial charge on any atom is -0.389 e. The van der Waals surface area contributed by atoms with Gasteiger partial charge in [0.1, 0.15) is 10.8 Å². The fraction of sp³-hybridized carbons (Fsp3) is 0.364. The zero-order valence-corrected chi connectivity index (χ0v) is 10.7. The number of likely N-dealkylation sites (N-methyl/N-ethyl adjacent to an activating group) is 1. The molecule has 0 aromatic carbocycles. The van der Waals surface area contributed by atoms with E-state index in [1.165, 1.54) is 0 Å². The van der Waals surface area contributed by atoms with Crippen LogP contribution in [0.5, 0.6) is 0 Å². The predicted molar refractivity (Wildman–Crippen MR) is 72.0 cm³/mol. The summed E-state index contributed by atoms with van der Waals surface area (Å²) in [6.07, 6.45) is 0. The highest BCUT2D eigenvalue weighted by atomic mass is 32.1. The summed E-state index contributed by atoms with van der Waals surface area (Å²) in [5.41, 5.74) is 7.09. The maximum Gasteiger partial charge on any atom is 0.239 e. The van der Waals surface area contributed by atoms with Crippen molar-refractivity contribution in [2.24, 2.45) is 5.73 Å². The van der Waals surface area contributed by atoms with E-state index in [1.54, 1.807) is 12.1 Å². The largest absolute Gasteiger partial charge is 0.389 e. The van der Waals surface area contributed by atoms with Gasteiger partial charge in [-0.25, -0.2) is 4.98 Å². The number of nitrogens with one attached hydrogen (secondary N) is 2. The van der Waals surface area contributed by atoms with Crippen molar-refractivity contribution in [2.45, 2.75) is 13.8 Å². The molecule has 4 N–H and O–H groups in total. The van der Waals surface area contributed by atoms with Gasteiger partial charge in [0.25, 0.3) is 0 Å². The second kappa shape index (κ2) is 6.15. The third-order valence-corrected chi connectivity index (χ3v) is 2.28. The van der Waals surface area contributed by atoms with E-state index >= 15 is 0 Å². The third-order valence-electron chi connectivity index (χ3n) is 2.04. The summed E-state index contributed by atoms with van der Waals surface area (Å²) in [6, 6.07) is 3.54. The molecule has 1 amide bonds. The summed E-state index contributed by atoms with van der Waals surface area (Å²) < 4.78 is 0. The average molecular weight is 252 g/mol. The highest BCUT2D eigenvalue weighted by Crippen LogP contribution is 2.09. The standard InChI is InChI=1S/C11H16N4OS/c1-3-13-10(16)6-14-9-5-8(11(12)17)4-7(2)15-9/h4-5H,3,6H2,1-2H3,(H2,12,17)(H,13,16)(H,14,15). The molecule has 1 heterocycles. The second-order valence-corrected chi connectivity index (χ2v) is 3.99. The van der Waals surface area contributed by atoms with Crippen molar-refractivity contribution in [1.29, 1.82) is 0 Å². The normalized spacial score (nSPS) is 9.76. The number of thiocarbonyl (C=S) groups is 1. The van der Waals surface area contributed by atoms with Crippen LogP contribution in [-0.4, -0.2) is 29.0 Å². The first kappa shape index (κ1) is 13.4. The highest BCUT2D eigenvalue weighted by molar-refractivity contribution is 7.80. The van der Waals surface area contributed by atoms with E-state index in [4.69, 9.17) is 18.0 Å². The second-order valence-electron chi connectivity index (χ2n) is 3.55. The summed E-state index contributed by atoms with van der Waals surface area (Å²) in [7, 11) is 0. The van der Waals surface area contributed by atoms with Crippen LogP contribution in [-0.2, 0) is 4.79 Å². The lowest BCUT2D eigenvalue weighted by atomic mass is 10.2. The molecule has 0 spiro atoms. The first-order chi connectivity index (χ1) is 8.02. The van der Waals surface area contributed by atoms with Crippen molar-refractivity contribution < 1.29 is 4.79 Å². The van der Waals surface area contributed by atoms with Gasteiger partial charge in [0.05, 0.1) is 6.54 Å². The van der Waals surface area contributed by atoms with Crippen LogP contribution in [0.25, 0.3) is 0 Å². The highest BCUT2D eigenvalue weighted by Gasteiger charge is 2.04. The van der Waals surface area contributed by atoms with E-state index in [2.05, 4.69) is 15.6 Å². The Morgan fingerprint density at radius 1 is 1.53 bits per heavy atom. The predicted octanol–water partition coefficient (Wildman–Crippen LogP) is 0.572. The van der Waals surface area contributed by atoms with E-state index in [1.807, 2.05) is 13.8 Å². The number of amides is 1. The van der Waals surface area contributed by atoms with Gasteiger partial charge in [-0.3, -0.25) is 4.79 Å². The molecule has 0 atom stereocenters. The minimum absolute atomic E-state index is 0.0762. The summed E-state index contributed by atoms with van der Waals surface area (Å²) in [5, 5.41) is 5.62. The van der Waals surface area contributed by atoms with E-state index < -0.39 is 0 Å². The molecular formula is C11H16N4OS. The number of carbonyl (C=O) groups excluding carboxylic acids is 1. The molecule has 1 aromatic rings. The lowest BCUT2D eigenvalue weighted by Crippen LogP contribution is -2.29. The molecule has 0 aliphatic rings. The van der Waals surface area contributed by atoms with Crippen LogP contribution < -0.4 is 16.4 Å². The number of pyridine rings is 1. The Morgan fingerprint density at radius 3 is 2.82 bits per heavy atom. The molecule has 1 rings (SSSR count). The summed E-state index contributed by atoms with van der Waals surface area (Å²) in [4.78, 5) is 15.8. The number of hydrogen-bond donors (Lipinski definition) is 3. The molecule has 17 heavy (non-hydrogen) atoms. The molecule has 0 aliphatic carbocycles. The fourth-order valence-corrected chi connectivity index (χ4v) is 1.45. The molecule has 92 valence electrons. The maximum absolute atomic E-state index is 11.3. The Morgan fingerprint density at radius 2 is 2.24 bits per heavy atom. The van der Waals surface area contributed by atoms with Gasteiger partial charge in [0, 0.05) is 17.8 Å². The van der Waals surface area contributed by atoms with Crippen molar-refractivity contribution in [2.75, 3.05) is 18.4 Å². The quantitative estimate of drug-likeness (QED) is 0.668. The Labute approximate surface area is 106 Å². The average Bonchev–Trinajstić information content (AvgIpc) is 2.26. The monoisotopic (exact) mass is 252 g/mol. The van der Waals surface area contributed by atoms with Crippen LogP contribution in [0.3, 0.4) is 0 Å².